The van der Waals surface area contributed by atoms with Crippen LogP contribution in [0.1, 0.15) is 30.4 Å². The van der Waals surface area contributed by atoms with Gasteiger partial charge in [0.05, 0.1) is 0 Å². The molecule has 0 spiro atoms. The van der Waals surface area contributed by atoms with Gasteiger partial charge in [0, 0.05) is 16.4 Å². The third-order valence-electron chi connectivity index (χ3n) is 3.49. The molecular weight excluding hydrogens is 238 g/mol. The summed E-state index contributed by atoms with van der Waals surface area (Å²) in [6, 6.07) is 6.64. The van der Waals surface area contributed by atoms with E-state index in [1.807, 2.05) is 0 Å². The van der Waals surface area contributed by atoms with Crippen LogP contribution < -0.4 is 5.73 Å². The first-order valence-corrected chi connectivity index (χ1v) is 5.94. The fourth-order valence-electron chi connectivity index (χ4n) is 2.14. The second-order valence-corrected chi connectivity index (χ2v) is 5.16. The average molecular weight is 254 g/mol. The SMILES string of the molecule is Cc1ccc(C2(CN)CCC2)cc1Br. The normalized spacial score (nSPS) is 19.1. The Morgan fingerprint density at radius 2 is 2.14 bits per heavy atom. The van der Waals surface area contributed by atoms with Crippen LogP contribution in [0.15, 0.2) is 22.7 Å². The van der Waals surface area contributed by atoms with Gasteiger partial charge in [0.2, 0.25) is 0 Å². The Hall–Kier alpha value is -0.340. The number of benzene rings is 1. The van der Waals surface area contributed by atoms with Crippen LogP contribution in [0.4, 0.5) is 0 Å². The number of aryl methyl sites for hydroxylation is 1. The van der Waals surface area contributed by atoms with Gasteiger partial charge in [-0.1, -0.05) is 34.5 Å². The third-order valence-corrected chi connectivity index (χ3v) is 4.34. The summed E-state index contributed by atoms with van der Waals surface area (Å²) in [5.74, 6) is 0. The van der Waals surface area contributed by atoms with Crippen molar-refractivity contribution >= 4 is 15.9 Å². The summed E-state index contributed by atoms with van der Waals surface area (Å²) in [4.78, 5) is 0. The second-order valence-electron chi connectivity index (χ2n) is 4.30. The summed E-state index contributed by atoms with van der Waals surface area (Å²) in [5.41, 5.74) is 8.86. The molecule has 2 heteroatoms. The van der Waals surface area contributed by atoms with E-state index < -0.39 is 0 Å². The molecule has 2 N–H and O–H groups in total. The molecule has 1 saturated carbocycles. The van der Waals surface area contributed by atoms with Crippen LogP contribution in [0.5, 0.6) is 0 Å². The molecule has 0 saturated heterocycles. The minimum Gasteiger partial charge on any atom is -0.330 e. The van der Waals surface area contributed by atoms with Gasteiger partial charge in [-0.3, -0.25) is 0 Å². The Labute approximate surface area is 93.8 Å². The van der Waals surface area contributed by atoms with Gasteiger partial charge in [-0.25, -0.2) is 0 Å². The van der Waals surface area contributed by atoms with Crippen molar-refractivity contribution in [2.75, 3.05) is 6.54 Å². The minimum absolute atomic E-state index is 0.288. The zero-order valence-electron chi connectivity index (χ0n) is 8.52. The molecule has 76 valence electrons. The van der Waals surface area contributed by atoms with Crippen molar-refractivity contribution in [1.29, 1.82) is 0 Å². The zero-order chi connectivity index (χ0) is 10.2. The molecule has 1 fully saturated rings. The van der Waals surface area contributed by atoms with Crippen LogP contribution in [0.2, 0.25) is 0 Å². The Bertz CT molecular complexity index is 337. The molecule has 14 heavy (non-hydrogen) atoms. The molecule has 0 amide bonds. The first-order valence-electron chi connectivity index (χ1n) is 5.15. The monoisotopic (exact) mass is 253 g/mol. The van der Waals surface area contributed by atoms with Crippen molar-refractivity contribution in [3.05, 3.63) is 33.8 Å². The van der Waals surface area contributed by atoms with Gasteiger partial charge in [-0.05, 0) is 37.0 Å². The van der Waals surface area contributed by atoms with Crippen LogP contribution in [-0.4, -0.2) is 6.54 Å². The highest BCUT2D eigenvalue weighted by atomic mass is 79.9. The summed E-state index contributed by atoms with van der Waals surface area (Å²) in [6.45, 7) is 2.90. The molecule has 1 aliphatic rings. The quantitative estimate of drug-likeness (QED) is 0.862. The summed E-state index contributed by atoms with van der Waals surface area (Å²) >= 11 is 3.58. The van der Waals surface area contributed by atoms with E-state index in [1.54, 1.807) is 0 Å². The Kier molecular flexibility index (Phi) is 2.67. The van der Waals surface area contributed by atoms with Crippen LogP contribution in [0, 0.1) is 6.92 Å². The van der Waals surface area contributed by atoms with Crippen molar-refractivity contribution in [3.8, 4) is 0 Å². The summed E-state index contributed by atoms with van der Waals surface area (Å²) in [7, 11) is 0. The highest BCUT2D eigenvalue weighted by Crippen LogP contribution is 2.43. The smallest absolute Gasteiger partial charge is 0.0207 e. The molecule has 0 aromatic heterocycles. The summed E-state index contributed by atoms with van der Waals surface area (Å²) in [6.07, 6.45) is 3.82. The van der Waals surface area contributed by atoms with Gasteiger partial charge in [0.25, 0.3) is 0 Å². The molecule has 0 bridgehead atoms. The number of nitrogens with two attached hydrogens (primary N) is 1. The lowest BCUT2D eigenvalue weighted by Crippen LogP contribution is -2.41. The maximum absolute atomic E-state index is 5.87. The number of hydrogen-bond donors (Lipinski definition) is 1. The number of hydrogen-bond acceptors (Lipinski definition) is 1. The largest absolute Gasteiger partial charge is 0.330 e. The molecule has 1 nitrogen and oxygen atoms in total. The minimum atomic E-state index is 0.288. The average Bonchev–Trinajstić information content (AvgIpc) is 2.10. The van der Waals surface area contributed by atoms with Crippen LogP contribution in [-0.2, 0) is 5.41 Å². The first-order chi connectivity index (χ1) is 6.68. The molecule has 0 radical (unpaired) electrons. The molecule has 0 atom stereocenters. The first kappa shape index (κ1) is 10.2. The lowest BCUT2D eigenvalue weighted by molar-refractivity contribution is 0.253. The van der Waals surface area contributed by atoms with E-state index in [0.717, 1.165) is 6.54 Å². The third kappa shape index (κ3) is 1.51. The predicted molar refractivity (Wildman–Crippen MR) is 63.5 cm³/mol. The van der Waals surface area contributed by atoms with Crippen LogP contribution in [0.25, 0.3) is 0 Å². The molecule has 2 rings (SSSR count). The van der Waals surface area contributed by atoms with E-state index in [4.69, 9.17) is 5.73 Å². The predicted octanol–water partition coefficient (Wildman–Crippen LogP) is 3.14. The molecule has 1 aromatic carbocycles. The van der Waals surface area contributed by atoms with Crippen molar-refractivity contribution in [2.24, 2.45) is 5.73 Å². The summed E-state index contributed by atoms with van der Waals surface area (Å²) in [5, 5.41) is 0. The lowest BCUT2D eigenvalue weighted by atomic mass is 9.64. The Morgan fingerprint density at radius 3 is 2.57 bits per heavy atom. The van der Waals surface area contributed by atoms with Crippen LogP contribution >= 0.6 is 15.9 Å². The lowest BCUT2D eigenvalue weighted by Gasteiger charge is -2.41. The maximum Gasteiger partial charge on any atom is 0.0207 e. The van der Waals surface area contributed by atoms with Crippen molar-refractivity contribution in [1.82, 2.24) is 0 Å². The topological polar surface area (TPSA) is 26.0 Å². The highest BCUT2D eigenvalue weighted by molar-refractivity contribution is 9.10. The van der Waals surface area contributed by atoms with Crippen molar-refractivity contribution in [3.63, 3.8) is 0 Å². The van der Waals surface area contributed by atoms with Crippen molar-refractivity contribution < 1.29 is 0 Å². The molecular formula is C12H16BrN. The standard InChI is InChI=1S/C12H16BrN/c1-9-3-4-10(7-11(9)13)12(8-14)5-2-6-12/h3-4,7H,2,5-6,8,14H2,1H3. The molecule has 0 heterocycles. The Morgan fingerprint density at radius 1 is 1.43 bits per heavy atom. The van der Waals surface area contributed by atoms with Gasteiger partial charge in [-0.2, -0.15) is 0 Å². The molecule has 0 unspecified atom stereocenters. The van der Waals surface area contributed by atoms with E-state index in [1.165, 1.54) is 34.9 Å². The van der Waals surface area contributed by atoms with E-state index >= 15 is 0 Å². The molecule has 1 aliphatic carbocycles. The van der Waals surface area contributed by atoms with Crippen molar-refractivity contribution in [2.45, 2.75) is 31.6 Å². The zero-order valence-corrected chi connectivity index (χ0v) is 10.1. The van der Waals surface area contributed by atoms with E-state index in [-0.39, 0.29) is 5.41 Å². The number of halogens is 1. The van der Waals surface area contributed by atoms with Gasteiger partial charge in [0.15, 0.2) is 0 Å². The Balaban J connectivity index is 2.36. The van der Waals surface area contributed by atoms with E-state index in [9.17, 15) is 0 Å². The fourth-order valence-corrected chi connectivity index (χ4v) is 2.52. The molecule has 0 aliphatic heterocycles. The fraction of sp³-hybridized carbons (Fsp3) is 0.500. The molecule has 1 aromatic rings. The second kappa shape index (κ2) is 3.67. The summed E-state index contributed by atoms with van der Waals surface area (Å²) < 4.78 is 1.20. The van der Waals surface area contributed by atoms with Gasteiger partial charge in [0.1, 0.15) is 0 Å². The van der Waals surface area contributed by atoms with E-state index in [0.29, 0.717) is 0 Å². The van der Waals surface area contributed by atoms with E-state index in [2.05, 4.69) is 41.1 Å². The van der Waals surface area contributed by atoms with Crippen LogP contribution in [0.3, 0.4) is 0 Å². The highest BCUT2D eigenvalue weighted by Gasteiger charge is 2.37. The number of rotatable bonds is 2. The van der Waals surface area contributed by atoms with Gasteiger partial charge in [-0.15, -0.1) is 0 Å². The maximum atomic E-state index is 5.87. The van der Waals surface area contributed by atoms with Gasteiger partial charge >= 0.3 is 0 Å². The van der Waals surface area contributed by atoms with Gasteiger partial charge < -0.3 is 5.73 Å².